The number of hydrogen-bond acceptors (Lipinski definition) is 2. The minimum absolute atomic E-state index is 0.479. The lowest BCUT2D eigenvalue weighted by Gasteiger charge is -2.11. The maximum absolute atomic E-state index is 4.36. The van der Waals surface area contributed by atoms with Crippen molar-refractivity contribution in [2.45, 2.75) is 47.6 Å². The topological polar surface area (TPSA) is 24.4 Å². The van der Waals surface area contributed by atoms with Crippen LogP contribution < -0.4 is 5.32 Å². The molecule has 0 spiro atoms. The molecule has 0 unspecified atom stereocenters. The van der Waals surface area contributed by atoms with Gasteiger partial charge in [-0.2, -0.15) is 0 Å². The van der Waals surface area contributed by atoms with Gasteiger partial charge in [-0.25, -0.2) is 0 Å². The molecule has 0 aliphatic carbocycles. The molecule has 0 bridgehead atoms. The van der Waals surface area contributed by atoms with Crippen LogP contribution in [0.3, 0.4) is 0 Å². The zero-order valence-electron chi connectivity index (χ0n) is 9.02. The molecule has 0 heterocycles. The van der Waals surface area contributed by atoms with E-state index in [1.54, 1.807) is 0 Å². The van der Waals surface area contributed by atoms with E-state index >= 15 is 0 Å². The van der Waals surface area contributed by atoms with Gasteiger partial charge in [0.25, 0.3) is 0 Å². The first-order chi connectivity index (χ1) is 5.43. The van der Waals surface area contributed by atoms with Crippen molar-refractivity contribution in [2.75, 3.05) is 0 Å². The Morgan fingerprint density at radius 2 is 1.58 bits per heavy atom. The zero-order chi connectivity index (χ0) is 9.72. The molecule has 0 fully saturated rings. The molecule has 0 radical (unpaired) electrons. The third kappa shape index (κ3) is 4.94. The minimum Gasteiger partial charge on any atom is -0.385 e. The van der Waals surface area contributed by atoms with Crippen molar-refractivity contribution in [3.8, 4) is 0 Å². The van der Waals surface area contributed by atoms with Crippen molar-refractivity contribution < 1.29 is 0 Å². The summed E-state index contributed by atoms with van der Waals surface area (Å²) >= 11 is 0. The van der Waals surface area contributed by atoms with Crippen molar-refractivity contribution in [1.82, 2.24) is 5.32 Å². The predicted octanol–water partition coefficient (Wildman–Crippen LogP) is 2.72. The van der Waals surface area contributed by atoms with Gasteiger partial charge in [0.15, 0.2) is 0 Å². The van der Waals surface area contributed by atoms with Crippen LogP contribution in [0.5, 0.6) is 0 Å². The molecular weight excluding hydrogens is 148 g/mol. The molecule has 1 N–H and O–H groups in total. The van der Waals surface area contributed by atoms with E-state index in [4.69, 9.17) is 0 Å². The van der Waals surface area contributed by atoms with Crippen molar-refractivity contribution >= 4 is 5.71 Å². The van der Waals surface area contributed by atoms with Crippen LogP contribution in [0.2, 0.25) is 0 Å². The van der Waals surface area contributed by atoms with Crippen LogP contribution in [0.1, 0.15) is 41.5 Å². The summed E-state index contributed by atoms with van der Waals surface area (Å²) in [4.78, 5) is 4.36. The molecule has 0 saturated heterocycles. The second-order valence-corrected chi connectivity index (χ2v) is 3.57. The van der Waals surface area contributed by atoms with Gasteiger partial charge in [-0.15, -0.1) is 0 Å². The molecule has 0 rings (SSSR count). The number of aliphatic imine (C=N–C) groups is 1. The van der Waals surface area contributed by atoms with E-state index in [0.717, 1.165) is 17.1 Å². The fourth-order valence-corrected chi connectivity index (χ4v) is 0.957. The molecule has 12 heavy (non-hydrogen) atoms. The molecule has 0 amide bonds. The lowest BCUT2D eigenvalue weighted by atomic mass is 10.3. The van der Waals surface area contributed by atoms with Crippen LogP contribution in [0.4, 0.5) is 0 Å². The van der Waals surface area contributed by atoms with E-state index < -0.39 is 0 Å². The van der Waals surface area contributed by atoms with E-state index in [2.05, 4.69) is 31.1 Å². The largest absolute Gasteiger partial charge is 0.385 e. The lowest BCUT2D eigenvalue weighted by Crippen LogP contribution is -2.21. The van der Waals surface area contributed by atoms with Gasteiger partial charge in [-0.3, -0.25) is 4.99 Å². The summed E-state index contributed by atoms with van der Waals surface area (Å²) in [6.45, 7) is 12.3. The molecule has 70 valence electrons. The molecule has 0 aromatic carbocycles. The second kappa shape index (κ2) is 4.96. The highest BCUT2D eigenvalue weighted by atomic mass is 14.9. The van der Waals surface area contributed by atoms with Crippen LogP contribution in [0.25, 0.3) is 0 Å². The average Bonchev–Trinajstić information content (AvgIpc) is 1.84. The third-order valence-electron chi connectivity index (χ3n) is 1.44. The summed E-state index contributed by atoms with van der Waals surface area (Å²) in [5.74, 6) is 0. The highest BCUT2D eigenvalue weighted by Gasteiger charge is 1.96. The summed E-state index contributed by atoms with van der Waals surface area (Å²) in [5, 5.41) is 3.32. The Morgan fingerprint density at radius 1 is 1.08 bits per heavy atom. The van der Waals surface area contributed by atoms with Crippen molar-refractivity contribution in [2.24, 2.45) is 4.99 Å². The van der Waals surface area contributed by atoms with Gasteiger partial charge in [0, 0.05) is 17.5 Å². The Labute approximate surface area is 75.8 Å². The van der Waals surface area contributed by atoms with Crippen molar-refractivity contribution in [3.63, 3.8) is 0 Å². The minimum atomic E-state index is 0.479. The second-order valence-electron chi connectivity index (χ2n) is 3.57. The average molecular weight is 168 g/mol. The van der Waals surface area contributed by atoms with Crippen LogP contribution in [0, 0.1) is 0 Å². The molecule has 2 heteroatoms. The fraction of sp³-hybridized carbons (Fsp3) is 0.700. The number of allylic oxidation sites excluding steroid dienone is 2. The first-order valence-electron chi connectivity index (χ1n) is 4.39. The number of hydrogen-bond donors (Lipinski definition) is 1. The fourth-order valence-electron chi connectivity index (χ4n) is 0.957. The van der Waals surface area contributed by atoms with Gasteiger partial charge in [0.2, 0.25) is 0 Å². The Balaban J connectivity index is 4.37. The van der Waals surface area contributed by atoms with E-state index in [-0.39, 0.29) is 0 Å². The predicted molar refractivity (Wildman–Crippen MR) is 55.4 cm³/mol. The molecular formula is C10H20N2. The quantitative estimate of drug-likeness (QED) is 0.644. The van der Waals surface area contributed by atoms with Gasteiger partial charge in [0.05, 0.1) is 5.70 Å². The molecule has 2 nitrogen and oxygen atoms in total. The van der Waals surface area contributed by atoms with Gasteiger partial charge >= 0.3 is 0 Å². The Kier molecular flexibility index (Phi) is 4.64. The molecule has 0 saturated carbocycles. The van der Waals surface area contributed by atoms with Gasteiger partial charge in [-0.1, -0.05) is 0 Å². The third-order valence-corrected chi connectivity index (χ3v) is 1.44. The Hall–Kier alpha value is -0.790. The van der Waals surface area contributed by atoms with Gasteiger partial charge in [-0.05, 0) is 41.5 Å². The summed E-state index contributed by atoms with van der Waals surface area (Å²) in [6.07, 6.45) is 0. The van der Waals surface area contributed by atoms with E-state index in [9.17, 15) is 0 Å². The zero-order valence-corrected chi connectivity index (χ0v) is 9.02. The van der Waals surface area contributed by atoms with E-state index in [1.807, 2.05) is 20.8 Å². The number of nitrogens with zero attached hydrogens (tertiary/aromatic N) is 1. The molecule has 0 atom stereocenters. The van der Waals surface area contributed by atoms with Crippen LogP contribution in [-0.4, -0.2) is 11.8 Å². The summed E-state index contributed by atoms with van der Waals surface area (Å²) in [7, 11) is 0. The Morgan fingerprint density at radius 3 is 1.92 bits per heavy atom. The van der Waals surface area contributed by atoms with Crippen LogP contribution >= 0.6 is 0 Å². The van der Waals surface area contributed by atoms with Crippen LogP contribution in [0.15, 0.2) is 16.4 Å². The highest BCUT2D eigenvalue weighted by Crippen LogP contribution is 2.02. The first kappa shape index (κ1) is 11.2. The van der Waals surface area contributed by atoms with Crippen LogP contribution in [-0.2, 0) is 0 Å². The van der Waals surface area contributed by atoms with E-state index in [0.29, 0.717) is 6.04 Å². The maximum Gasteiger partial charge on any atom is 0.0557 e. The standard InChI is InChI=1S/C10H20N2/c1-7(2)11-9(5)10(6)12-8(3)4/h7,11H,1-6H3/b10-9-. The smallest absolute Gasteiger partial charge is 0.0557 e. The van der Waals surface area contributed by atoms with Crippen molar-refractivity contribution in [1.29, 1.82) is 0 Å². The SMILES string of the molecule is CC(C)=N/C(C)=C(/C)NC(C)C. The maximum atomic E-state index is 4.36. The molecule has 0 aliphatic heterocycles. The van der Waals surface area contributed by atoms with Gasteiger partial charge in [0.1, 0.15) is 0 Å². The Bertz CT molecular complexity index is 196. The molecule has 0 aromatic heterocycles. The normalized spacial score (nSPS) is 12.6. The van der Waals surface area contributed by atoms with Crippen molar-refractivity contribution in [3.05, 3.63) is 11.4 Å². The summed E-state index contributed by atoms with van der Waals surface area (Å²) in [6, 6.07) is 0.479. The molecule has 0 aromatic rings. The summed E-state index contributed by atoms with van der Waals surface area (Å²) < 4.78 is 0. The number of nitrogens with one attached hydrogen (secondary N) is 1. The lowest BCUT2D eigenvalue weighted by molar-refractivity contribution is 0.662. The molecule has 0 aliphatic rings. The van der Waals surface area contributed by atoms with E-state index in [1.165, 1.54) is 0 Å². The first-order valence-corrected chi connectivity index (χ1v) is 4.39. The monoisotopic (exact) mass is 168 g/mol. The van der Waals surface area contributed by atoms with Gasteiger partial charge < -0.3 is 5.32 Å². The summed E-state index contributed by atoms with van der Waals surface area (Å²) in [5.41, 5.74) is 3.33. The highest BCUT2D eigenvalue weighted by molar-refractivity contribution is 5.80. The number of rotatable bonds is 3.